The summed E-state index contributed by atoms with van der Waals surface area (Å²) in [5.41, 5.74) is 0.667. The van der Waals surface area contributed by atoms with E-state index in [9.17, 15) is 23.7 Å². The molecule has 0 radical (unpaired) electrons. The average molecular weight is 397 g/mol. The van der Waals surface area contributed by atoms with E-state index in [1.807, 2.05) is 0 Å². The summed E-state index contributed by atoms with van der Waals surface area (Å²) in [5, 5.41) is 16.6. The van der Waals surface area contributed by atoms with E-state index in [4.69, 9.17) is 4.74 Å². The Morgan fingerprint density at radius 3 is 2.56 bits per heavy atom. The Morgan fingerprint density at radius 2 is 1.96 bits per heavy atom. The summed E-state index contributed by atoms with van der Waals surface area (Å²) in [6.07, 6.45) is 0. The molecule has 0 aliphatic heterocycles. The molecule has 0 heterocycles. The molecule has 2 aromatic rings. The van der Waals surface area contributed by atoms with Crippen LogP contribution in [0.5, 0.6) is 0 Å². The predicted octanol–water partition coefficient (Wildman–Crippen LogP) is 4.22. The molecule has 2 N–H and O–H groups in total. The zero-order valence-corrected chi connectivity index (χ0v) is 15.1. The molecule has 0 aromatic heterocycles. The number of methoxy groups -OCH3 is 1. The monoisotopic (exact) mass is 397 g/mol. The van der Waals surface area contributed by atoms with Crippen LogP contribution in [-0.4, -0.2) is 36.8 Å². The first-order valence-corrected chi connectivity index (χ1v) is 8.66. The number of nitrogens with zero attached hydrogens (tertiary/aromatic N) is 1. The average Bonchev–Trinajstić information content (AvgIpc) is 2.63. The third kappa shape index (κ3) is 6.19. The van der Waals surface area contributed by atoms with E-state index in [0.29, 0.717) is 41.2 Å². The van der Waals surface area contributed by atoms with Crippen molar-refractivity contribution in [1.82, 2.24) is 0 Å². The van der Waals surface area contributed by atoms with Gasteiger partial charge in [0.05, 0.1) is 17.1 Å². The number of amides is 1. The second kappa shape index (κ2) is 9.83. The molecule has 0 aliphatic carbocycles. The molecule has 2 aromatic carbocycles. The fraction of sp³-hybridized carbons (Fsp3) is 0.235. The topological polar surface area (TPSA) is 93.5 Å². The molecule has 144 valence electrons. The molecular formula is C17H17F2N3O4S. The second-order valence-electron chi connectivity index (χ2n) is 5.26. The van der Waals surface area contributed by atoms with Gasteiger partial charge in [0.1, 0.15) is 0 Å². The lowest BCUT2D eigenvalue weighted by Crippen LogP contribution is -2.16. The minimum Gasteiger partial charge on any atom is -0.383 e. The quantitative estimate of drug-likeness (QED) is 0.285. The van der Waals surface area contributed by atoms with E-state index in [0.717, 1.165) is 0 Å². The lowest BCUT2D eigenvalue weighted by molar-refractivity contribution is -0.384. The Balaban J connectivity index is 2.19. The number of alkyl halides is 2. The van der Waals surface area contributed by atoms with E-state index < -0.39 is 16.6 Å². The SMILES string of the molecule is COCCNc1ccc([N+](=O)[O-])cc1C(=O)Nc1ccc(SC(F)F)cc1. The molecule has 0 atom stereocenters. The lowest BCUT2D eigenvalue weighted by atomic mass is 10.1. The highest BCUT2D eigenvalue weighted by Gasteiger charge is 2.17. The Morgan fingerprint density at radius 1 is 1.26 bits per heavy atom. The minimum atomic E-state index is -2.53. The Labute approximate surface area is 158 Å². The molecular weight excluding hydrogens is 380 g/mol. The largest absolute Gasteiger partial charge is 0.383 e. The summed E-state index contributed by atoms with van der Waals surface area (Å²) < 4.78 is 29.6. The van der Waals surface area contributed by atoms with Gasteiger partial charge in [-0.05, 0) is 30.3 Å². The van der Waals surface area contributed by atoms with Crippen LogP contribution in [0.15, 0.2) is 47.4 Å². The molecule has 0 spiro atoms. The summed E-state index contributed by atoms with van der Waals surface area (Å²) in [7, 11) is 1.53. The zero-order valence-electron chi connectivity index (χ0n) is 14.3. The minimum absolute atomic E-state index is 0.0892. The van der Waals surface area contributed by atoms with Crippen molar-refractivity contribution in [3.8, 4) is 0 Å². The van der Waals surface area contributed by atoms with E-state index in [1.54, 1.807) is 0 Å². The maximum absolute atomic E-state index is 12.6. The van der Waals surface area contributed by atoms with Gasteiger partial charge in [0.15, 0.2) is 0 Å². The summed E-state index contributed by atoms with van der Waals surface area (Å²) in [6, 6.07) is 9.80. The van der Waals surface area contributed by atoms with Crippen molar-refractivity contribution in [1.29, 1.82) is 0 Å². The highest BCUT2D eigenvalue weighted by Crippen LogP contribution is 2.27. The van der Waals surface area contributed by atoms with Gasteiger partial charge >= 0.3 is 0 Å². The maximum atomic E-state index is 12.6. The molecule has 2 rings (SSSR count). The number of hydrogen-bond acceptors (Lipinski definition) is 6. The summed E-state index contributed by atoms with van der Waals surface area (Å²) in [6.45, 7) is 0.801. The Bertz CT molecular complexity index is 803. The molecule has 27 heavy (non-hydrogen) atoms. The van der Waals surface area contributed by atoms with Gasteiger partial charge in [0.25, 0.3) is 17.4 Å². The molecule has 0 bridgehead atoms. The van der Waals surface area contributed by atoms with Crippen LogP contribution in [0.2, 0.25) is 0 Å². The third-order valence-corrected chi connectivity index (χ3v) is 4.14. The number of rotatable bonds is 9. The lowest BCUT2D eigenvalue weighted by Gasteiger charge is -2.12. The Hall–Kier alpha value is -2.72. The first kappa shape index (κ1) is 20.6. The van der Waals surface area contributed by atoms with Gasteiger partial charge in [0.2, 0.25) is 0 Å². The number of hydrogen-bond donors (Lipinski definition) is 2. The van der Waals surface area contributed by atoms with Crippen molar-refractivity contribution in [2.45, 2.75) is 10.7 Å². The normalized spacial score (nSPS) is 10.7. The van der Waals surface area contributed by atoms with E-state index >= 15 is 0 Å². The molecule has 0 aliphatic rings. The molecule has 0 saturated heterocycles. The second-order valence-corrected chi connectivity index (χ2v) is 6.33. The number of halogens is 2. The Kier molecular flexibility index (Phi) is 7.50. The standard InChI is InChI=1S/C17H17F2N3O4S/c1-26-9-8-20-15-7-4-12(22(24)25)10-14(15)16(23)21-11-2-5-13(6-3-11)27-17(18)19/h2-7,10,17,20H,8-9H2,1H3,(H,21,23). The number of carbonyl (C=O) groups excluding carboxylic acids is 1. The van der Waals surface area contributed by atoms with Crippen molar-refractivity contribution in [3.05, 3.63) is 58.1 Å². The van der Waals surface area contributed by atoms with Crippen LogP contribution in [0.4, 0.5) is 25.8 Å². The smallest absolute Gasteiger partial charge is 0.288 e. The number of carbonyl (C=O) groups is 1. The molecule has 7 nitrogen and oxygen atoms in total. The molecule has 0 saturated carbocycles. The van der Waals surface area contributed by atoms with E-state index in [-0.39, 0.29) is 11.3 Å². The third-order valence-electron chi connectivity index (χ3n) is 3.42. The predicted molar refractivity (Wildman–Crippen MR) is 99.7 cm³/mol. The summed E-state index contributed by atoms with van der Waals surface area (Å²) in [5.74, 6) is -3.09. The van der Waals surface area contributed by atoms with Gasteiger partial charge in [-0.25, -0.2) is 0 Å². The highest BCUT2D eigenvalue weighted by atomic mass is 32.2. The first-order chi connectivity index (χ1) is 12.9. The number of anilines is 2. The zero-order chi connectivity index (χ0) is 19.8. The molecule has 10 heteroatoms. The van der Waals surface area contributed by atoms with Crippen LogP contribution in [-0.2, 0) is 4.74 Å². The van der Waals surface area contributed by atoms with Crippen LogP contribution in [0.1, 0.15) is 10.4 Å². The number of thioether (sulfide) groups is 1. The van der Waals surface area contributed by atoms with Crippen molar-refractivity contribution >= 4 is 34.7 Å². The number of nitro benzene ring substituents is 1. The van der Waals surface area contributed by atoms with Crippen molar-refractivity contribution in [2.24, 2.45) is 0 Å². The maximum Gasteiger partial charge on any atom is 0.288 e. The van der Waals surface area contributed by atoms with E-state index in [2.05, 4.69) is 10.6 Å². The number of non-ortho nitro benzene ring substituents is 1. The summed E-state index contributed by atoms with van der Waals surface area (Å²) >= 11 is 0.398. The van der Waals surface area contributed by atoms with Gasteiger partial charge in [-0.1, -0.05) is 11.8 Å². The number of benzene rings is 2. The van der Waals surface area contributed by atoms with Gasteiger partial charge in [-0.15, -0.1) is 0 Å². The fourth-order valence-corrected chi connectivity index (χ4v) is 2.69. The van der Waals surface area contributed by atoms with Crippen LogP contribution in [0, 0.1) is 10.1 Å². The fourth-order valence-electron chi connectivity index (χ4n) is 2.19. The van der Waals surface area contributed by atoms with Crippen LogP contribution >= 0.6 is 11.8 Å². The van der Waals surface area contributed by atoms with Crippen molar-refractivity contribution in [3.63, 3.8) is 0 Å². The molecule has 0 unspecified atom stereocenters. The summed E-state index contributed by atoms with van der Waals surface area (Å²) in [4.78, 5) is 23.3. The van der Waals surface area contributed by atoms with Gasteiger partial charge in [0, 0.05) is 42.1 Å². The first-order valence-electron chi connectivity index (χ1n) is 7.78. The highest BCUT2D eigenvalue weighted by molar-refractivity contribution is 7.99. The van der Waals surface area contributed by atoms with Crippen LogP contribution in [0.3, 0.4) is 0 Å². The van der Waals surface area contributed by atoms with Crippen molar-refractivity contribution < 1.29 is 23.2 Å². The van der Waals surface area contributed by atoms with Gasteiger partial charge < -0.3 is 15.4 Å². The van der Waals surface area contributed by atoms with Crippen LogP contribution < -0.4 is 10.6 Å². The number of nitrogens with one attached hydrogen (secondary N) is 2. The molecule has 0 fully saturated rings. The van der Waals surface area contributed by atoms with Crippen LogP contribution in [0.25, 0.3) is 0 Å². The van der Waals surface area contributed by atoms with Gasteiger partial charge in [-0.2, -0.15) is 8.78 Å². The number of ether oxygens (including phenoxy) is 1. The van der Waals surface area contributed by atoms with Gasteiger partial charge in [-0.3, -0.25) is 14.9 Å². The van der Waals surface area contributed by atoms with E-state index in [1.165, 1.54) is 49.6 Å². The number of nitro groups is 1. The molecule has 1 amide bonds. The van der Waals surface area contributed by atoms with Crippen molar-refractivity contribution in [2.75, 3.05) is 30.9 Å².